The molecule has 1 unspecified atom stereocenters. The number of nitrogens with one attached hydrogen (secondary N) is 1. The first kappa shape index (κ1) is 16.0. The van der Waals surface area contributed by atoms with Crippen LogP contribution in [0.5, 0.6) is 0 Å². The fraction of sp³-hybridized carbons (Fsp3) is 0.278. The van der Waals surface area contributed by atoms with E-state index in [2.05, 4.69) is 22.9 Å². The Hall–Kier alpha value is -2.89. The number of fused-ring (bicyclic) bond motifs is 1. The Labute approximate surface area is 140 Å². The largest absolute Gasteiger partial charge is 0.375 e. The molecular weight excluding hydrogens is 304 g/mol. The van der Waals surface area contributed by atoms with Crippen LogP contribution in [0, 0.1) is 17.0 Å². The van der Waals surface area contributed by atoms with E-state index in [-0.39, 0.29) is 16.7 Å². The van der Waals surface area contributed by atoms with Gasteiger partial charge in [0.05, 0.1) is 22.0 Å². The number of aromatic nitrogens is 2. The normalized spacial score (nSPS) is 12.3. The van der Waals surface area contributed by atoms with Crippen LogP contribution in [0.2, 0.25) is 0 Å². The van der Waals surface area contributed by atoms with Gasteiger partial charge in [0.25, 0.3) is 5.69 Å². The first-order valence-electron chi connectivity index (χ1n) is 7.98. The third kappa shape index (κ3) is 2.82. The Kier molecular flexibility index (Phi) is 4.20. The molecule has 0 radical (unpaired) electrons. The summed E-state index contributed by atoms with van der Waals surface area (Å²) >= 11 is 0. The van der Waals surface area contributed by atoms with Gasteiger partial charge in [-0.1, -0.05) is 12.1 Å². The van der Waals surface area contributed by atoms with E-state index < -0.39 is 0 Å². The molecule has 24 heavy (non-hydrogen) atoms. The second-order valence-corrected chi connectivity index (χ2v) is 5.83. The standard InChI is InChI=1S/C18H20N4O2/c1-4-21-17-8-6-5-7-15(17)20-18(21)13(3)19-14-9-10-16(22(23)24)12(2)11-14/h5-11,13,19H,4H2,1-3H3. The van der Waals surface area contributed by atoms with Gasteiger partial charge in [-0.15, -0.1) is 0 Å². The molecule has 0 spiro atoms. The molecule has 6 nitrogen and oxygen atoms in total. The maximum absolute atomic E-state index is 10.9. The average molecular weight is 324 g/mol. The summed E-state index contributed by atoms with van der Waals surface area (Å²) in [6.07, 6.45) is 0. The summed E-state index contributed by atoms with van der Waals surface area (Å²) in [7, 11) is 0. The van der Waals surface area contributed by atoms with Gasteiger partial charge in [-0.05, 0) is 45.0 Å². The maximum Gasteiger partial charge on any atom is 0.272 e. The Morgan fingerprint density at radius 2 is 2.04 bits per heavy atom. The third-order valence-corrected chi connectivity index (χ3v) is 4.16. The molecule has 3 aromatic rings. The fourth-order valence-corrected chi connectivity index (χ4v) is 3.02. The number of nitrogens with zero attached hydrogens (tertiary/aromatic N) is 3. The lowest BCUT2D eigenvalue weighted by atomic mass is 10.1. The van der Waals surface area contributed by atoms with E-state index in [1.807, 2.05) is 25.1 Å². The molecule has 0 aliphatic heterocycles. The molecule has 1 atom stereocenters. The number of imidazole rings is 1. The summed E-state index contributed by atoms with van der Waals surface area (Å²) in [4.78, 5) is 15.3. The average Bonchev–Trinajstić information content (AvgIpc) is 2.93. The van der Waals surface area contributed by atoms with Crippen molar-refractivity contribution in [2.45, 2.75) is 33.4 Å². The van der Waals surface area contributed by atoms with Crippen LogP contribution in [-0.2, 0) is 6.54 Å². The van der Waals surface area contributed by atoms with E-state index in [0.717, 1.165) is 29.1 Å². The summed E-state index contributed by atoms with van der Waals surface area (Å²) in [5.74, 6) is 0.953. The van der Waals surface area contributed by atoms with E-state index in [4.69, 9.17) is 4.98 Å². The van der Waals surface area contributed by atoms with Gasteiger partial charge in [0.15, 0.2) is 0 Å². The van der Waals surface area contributed by atoms with Crippen molar-refractivity contribution < 1.29 is 4.92 Å². The summed E-state index contributed by atoms with van der Waals surface area (Å²) in [5, 5.41) is 14.3. The van der Waals surface area contributed by atoms with Crippen LogP contribution in [0.3, 0.4) is 0 Å². The van der Waals surface area contributed by atoms with Crippen LogP contribution in [0.25, 0.3) is 11.0 Å². The van der Waals surface area contributed by atoms with E-state index in [0.29, 0.717) is 5.56 Å². The lowest BCUT2D eigenvalue weighted by Crippen LogP contribution is -2.13. The number of benzene rings is 2. The lowest BCUT2D eigenvalue weighted by Gasteiger charge is -2.17. The van der Waals surface area contributed by atoms with E-state index in [1.165, 1.54) is 6.07 Å². The Morgan fingerprint density at radius 1 is 1.29 bits per heavy atom. The molecule has 0 saturated heterocycles. The van der Waals surface area contributed by atoms with Crippen molar-refractivity contribution in [3.8, 4) is 0 Å². The third-order valence-electron chi connectivity index (χ3n) is 4.16. The number of anilines is 1. The monoisotopic (exact) mass is 324 g/mol. The minimum atomic E-state index is -0.362. The molecule has 2 aromatic carbocycles. The quantitative estimate of drug-likeness (QED) is 0.556. The van der Waals surface area contributed by atoms with Crippen LogP contribution < -0.4 is 5.32 Å². The van der Waals surface area contributed by atoms with Gasteiger partial charge in [0.1, 0.15) is 5.82 Å². The molecule has 0 saturated carbocycles. The second-order valence-electron chi connectivity index (χ2n) is 5.83. The molecule has 0 bridgehead atoms. The van der Waals surface area contributed by atoms with Gasteiger partial charge < -0.3 is 9.88 Å². The molecule has 0 amide bonds. The Morgan fingerprint density at radius 3 is 2.71 bits per heavy atom. The Bertz CT molecular complexity index is 901. The SMILES string of the molecule is CCn1c(C(C)Nc2ccc([N+](=O)[O-])c(C)c2)nc2ccccc21. The highest BCUT2D eigenvalue weighted by atomic mass is 16.6. The predicted molar refractivity (Wildman–Crippen MR) is 95.3 cm³/mol. The molecule has 124 valence electrons. The summed E-state index contributed by atoms with van der Waals surface area (Å²) in [6.45, 7) is 6.72. The number of aryl methyl sites for hydroxylation is 2. The lowest BCUT2D eigenvalue weighted by molar-refractivity contribution is -0.385. The molecule has 0 aliphatic carbocycles. The molecule has 1 aromatic heterocycles. The van der Waals surface area contributed by atoms with Gasteiger partial charge in [-0.3, -0.25) is 10.1 Å². The van der Waals surface area contributed by atoms with Crippen molar-refractivity contribution >= 4 is 22.4 Å². The van der Waals surface area contributed by atoms with Crippen molar-refractivity contribution in [3.63, 3.8) is 0 Å². The number of nitro groups is 1. The summed E-state index contributed by atoms with van der Waals surface area (Å²) < 4.78 is 2.19. The smallest absolute Gasteiger partial charge is 0.272 e. The fourth-order valence-electron chi connectivity index (χ4n) is 3.02. The first-order chi connectivity index (χ1) is 11.5. The highest BCUT2D eigenvalue weighted by Gasteiger charge is 2.17. The predicted octanol–water partition coefficient (Wildman–Crippen LogP) is 4.45. The van der Waals surface area contributed by atoms with Crippen molar-refractivity contribution in [2.24, 2.45) is 0 Å². The molecule has 3 rings (SSSR count). The van der Waals surface area contributed by atoms with E-state index in [9.17, 15) is 10.1 Å². The van der Waals surface area contributed by atoms with Crippen LogP contribution >= 0.6 is 0 Å². The number of nitro benzene ring substituents is 1. The molecule has 0 aliphatic rings. The molecule has 0 fully saturated rings. The zero-order chi connectivity index (χ0) is 17.3. The highest BCUT2D eigenvalue weighted by molar-refractivity contribution is 5.76. The van der Waals surface area contributed by atoms with Gasteiger partial charge in [-0.25, -0.2) is 4.98 Å². The number of para-hydroxylation sites is 2. The maximum atomic E-state index is 10.9. The number of rotatable bonds is 5. The molecule has 1 N–H and O–H groups in total. The van der Waals surface area contributed by atoms with Gasteiger partial charge in [0, 0.05) is 23.9 Å². The van der Waals surface area contributed by atoms with E-state index >= 15 is 0 Å². The molecule has 6 heteroatoms. The van der Waals surface area contributed by atoms with Gasteiger partial charge in [0.2, 0.25) is 0 Å². The van der Waals surface area contributed by atoms with Crippen molar-refractivity contribution in [1.82, 2.24) is 9.55 Å². The van der Waals surface area contributed by atoms with Crippen LogP contribution in [0.4, 0.5) is 11.4 Å². The zero-order valence-corrected chi connectivity index (χ0v) is 14.0. The van der Waals surface area contributed by atoms with Crippen molar-refractivity contribution in [1.29, 1.82) is 0 Å². The van der Waals surface area contributed by atoms with E-state index in [1.54, 1.807) is 19.1 Å². The minimum absolute atomic E-state index is 0.0155. The minimum Gasteiger partial charge on any atom is -0.375 e. The highest BCUT2D eigenvalue weighted by Crippen LogP contribution is 2.26. The van der Waals surface area contributed by atoms with Crippen LogP contribution in [0.1, 0.15) is 31.3 Å². The summed E-state index contributed by atoms with van der Waals surface area (Å²) in [5.41, 5.74) is 3.71. The zero-order valence-electron chi connectivity index (χ0n) is 14.0. The second kappa shape index (κ2) is 6.31. The number of hydrogen-bond donors (Lipinski definition) is 1. The van der Waals surface area contributed by atoms with Gasteiger partial charge >= 0.3 is 0 Å². The van der Waals surface area contributed by atoms with Gasteiger partial charge in [-0.2, -0.15) is 0 Å². The topological polar surface area (TPSA) is 73.0 Å². The Balaban J connectivity index is 1.91. The molecular formula is C18H20N4O2. The first-order valence-corrected chi connectivity index (χ1v) is 7.98. The van der Waals surface area contributed by atoms with Crippen molar-refractivity contribution in [3.05, 3.63) is 64.0 Å². The van der Waals surface area contributed by atoms with Crippen molar-refractivity contribution in [2.75, 3.05) is 5.32 Å². The number of hydrogen-bond acceptors (Lipinski definition) is 4. The summed E-state index contributed by atoms with van der Waals surface area (Å²) in [6, 6.07) is 13.1. The van der Waals surface area contributed by atoms with Crippen LogP contribution in [-0.4, -0.2) is 14.5 Å². The molecule has 1 heterocycles. The van der Waals surface area contributed by atoms with Crippen LogP contribution in [0.15, 0.2) is 42.5 Å².